The van der Waals surface area contributed by atoms with Gasteiger partial charge in [0.25, 0.3) is 0 Å². The van der Waals surface area contributed by atoms with Crippen LogP contribution in [0.3, 0.4) is 0 Å². The van der Waals surface area contributed by atoms with Crippen molar-refractivity contribution in [2.75, 3.05) is 5.32 Å². The van der Waals surface area contributed by atoms with Crippen molar-refractivity contribution in [3.63, 3.8) is 0 Å². The Bertz CT molecular complexity index is 1720. The molecule has 1 amide bonds. The molecule has 0 aliphatic rings. The van der Waals surface area contributed by atoms with Gasteiger partial charge < -0.3 is 10.3 Å². The van der Waals surface area contributed by atoms with Crippen molar-refractivity contribution >= 4 is 33.5 Å². The summed E-state index contributed by atoms with van der Waals surface area (Å²) in [6.45, 7) is 3.69. The first-order valence-corrected chi connectivity index (χ1v) is 11.4. The quantitative estimate of drug-likeness (QED) is 0.331. The maximum atomic E-state index is 12.1. The summed E-state index contributed by atoms with van der Waals surface area (Å²) in [4.78, 5) is 38.1. The number of hydrogen-bond acceptors (Lipinski definition) is 7. The van der Waals surface area contributed by atoms with E-state index in [4.69, 9.17) is 4.98 Å². The number of nitrogens with one attached hydrogen (secondary N) is 3. The van der Waals surface area contributed by atoms with E-state index in [1.54, 1.807) is 31.0 Å². The van der Waals surface area contributed by atoms with Gasteiger partial charge in [0.15, 0.2) is 5.82 Å². The van der Waals surface area contributed by atoms with E-state index in [1.807, 2.05) is 50.2 Å². The predicted octanol–water partition coefficient (Wildman–Crippen LogP) is 4.61. The molecule has 0 aliphatic carbocycles. The van der Waals surface area contributed by atoms with Gasteiger partial charge in [-0.25, -0.2) is 4.98 Å². The number of H-pyrrole nitrogens is 2. The van der Waals surface area contributed by atoms with Crippen LogP contribution in [-0.4, -0.2) is 46.0 Å². The molecule has 6 aromatic heterocycles. The molecule has 0 saturated carbocycles. The maximum absolute atomic E-state index is 12.1. The lowest BCUT2D eigenvalue weighted by Gasteiger charge is -2.08. The number of imidazole rings is 1. The Hall–Kier alpha value is -4.99. The highest BCUT2D eigenvalue weighted by molar-refractivity contribution is 5.97. The molecular formula is C26H21N9O. The second-order valence-electron chi connectivity index (χ2n) is 8.65. The number of anilines is 1. The molecule has 176 valence electrons. The molecule has 6 heterocycles. The lowest BCUT2D eigenvalue weighted by Crippen LogP contribution is -2.17. The van der Waals surface area contributed by atoms with Crippen LogP contribution in [0.5, 0.6) is 0 Å². The van der Waals surface area contributed by atoms with Gasteiger partial charge in [-0.2, -0.15) is 5.10 Å². The van der Waals surface area contributed by atoms with Gasteiger partial charge in [0, 0.05) is 35.5 Å². The molecule has 0 spiro atoms. The fourth-order valence-electron chi connectivity index (χ4n) is 3.93. The molecule has 6 aromatic rings. The molecule has 0 bridgehead atoms. The first-order valence-electron chi connectivity index (χ1n) is 11.4. The third kappa shape index (κ3) is 3.84. The standard InChI is InChI=1S/C26H21N9O/c1-14(2)26(36)31-16-9-15(11-27-12-16)20-10-17-21(13-30-20)34-35-22(17)25-32-19-6-8-29-23(24(19)33-25)18-5-3-4-7-28-18/h3-14H,1-2H3,(H,31,36)(H,32,33)(H,34,35). The normalized spacial score (nSPS) is 11.4. The van der Waals surface area contributed by atoms with Gasteiger partial charge in [-0.1, -0.05) is 19.9 Å². The van der Waals surface area contributed by atoms with E-state index in [0.29, 0.717) is 28.6 Å². The molecule has 0 atom stereocenters. The van der Waals surface area contributed by atoms with Crippen LogP contribution in [0.2, 0.25) is 0 Å². The van der Waals surface area contributed by atoms with Gasteiger partial charge in [-0.3, -0.25) is 29.8 Å². The second kappa shape index (κ2) is 8.66. The Morgan fingerprint density at radius 2 is 1.83 bits per heavy atom. The Labute approximate surface area is 205 Å². The highest BCUT2D eigenvalue weighted by Crippen LogP contribution is 2.31. The summed E-state index contributed by atoms with van der Waals surface area (Å²) in [7, 11) is 0. The molecule has 10 heteroatoms. The fraction of sp³-hybridized carbons (Fsp3) is 0.115. The number of fused-ring (bicyclic) bond motifs is 2. The van der Waals surface area contributed by atoms with Crippen molar-refractivity contribution in [2.45, 2.75) is 13.8 Å². The van der Waals surface area contributed by atoms with Gasteiger partial charge in [0.05, 0.1) is 40.5 Å². The molecule has 0 fully saturated rings. The molecule has 0 radical (unpaired) electrons. The highest BCUT2D eigenvalue weighted by Gasteiger charge is 2.17. The van der Waals surface area contributed by atoms with Crippen LogP contribution in [0, 0.1) is 5.92 Å². The minimum absolute atomic E-state index is 0.0704. The van der Waals surface area contributed by atoms with E-state index in [2.05, 4.69) is 40.4 Å². The minimum Gasteiger partial charge on any atom is -0.336 e. The van der Waals surface area contributed by atoms with Gasteiger partial charge >= 0.3 is 0 Å². The molecule has 3 N–H and O–H groups in total. The Kier molecular flexibility index (Phi) is 5.18. The van der Waals surface area contributed by atoms with Crippen LogP contribution < -0.4 is 5.32 Å². The summed E-state index contributed by atoms with van der Waals surface area (Å²) in [6.07, 6.45) is 8.52. The number of nitrogens with zero attached hydrogens (tertiary/aromatic N) is 6. The summed E-state index contributed by atoms with van der Waals surface area (Å²) >= 11 is 0. The van der Waals surface area contributed by atoms with E-state index in [1.165, 1.54) is 0 Å². The molecule has 0 unspecified atom stereocenters. The summed E-state index contributed by atoms with van der Waals surface area (Å²) in [5, 5.41) is 11.3. The van der Waals surface area contributed by atoms with Crippen molar-refractivity contribution in [3.05, 3.63) is 67.4 Å². The van der Waals surface area contributed by atoms with Gasteiger partial charge in [-0.05, 0) is 30.3 Å². The number of hydrogen-bond donors (Lipinski definition) is 3. The minimum atomic E-state index is -0.131. The zero-order valence-corrected chi connectivity index (χ0v) is 19.5. The first kappa shape index (κ1) is 21.5. The number of pyridine rings is 4. The molecule has 0 aromatic carbocycles. The van der Waals surface area contributed by atoms with Crippen LogP contribution in [0.25, 0.3) is 56.1 Å². The van der Waals surface area contributed by atoms with Crippen molar-refractivity contribution in [3.8, 4) is 34.2 Å². The average molecular weight is 476 g/mol. The molecule has 0 aliphatic heterocycles. The highest BCUT2D eigenvalue weighted by atomic mass is 16.1. The Morgan fingerprint density at radius 3 is 2.67 bits per heavy atom. The number of carbonyl (C=O) groups excluding carboxylic acids is 1. The topological polar surface area (TPSA) is 138 Å². The number of amides is 1. The van der Waals surface area contributed by atoms with Gasteiger partial charge in [-0.15, -0.1) is 0 Å². The van der Waals surface area contributed by atoms with E-state index in [9.17, 15) is 4.79 Å². The maximum Gasteiger partial charge on any atom is 0.226 e. The molecule has 0 saturated heterocycles. The van der Waals surface area contributed by atoms with Crippen molar-refractivity contribution in [1.29, 1.82) is 0 Å². The van der Waals surface area contributed by atoms with Crippen LogP contribution in [0.4, 0.5) is 5.69 Å². The molecule has 6 rings (SSSR count). The first-order chi connectivity index (χ1) is 17.6. The fourth-order valence-corrected chi connectivity index (χ4v) is 3.93. The summed E-state index contributed by atoms with van der Waals surface area (Å²) in [5.41, 5.74) is 6.52. The van der Waals surface area contributed by atoms with Crippen molar-refractivity contribution < 1.29 is 4.79 Å². The van der Waals surface area contributed by atoms with Crippen LogP contribution >= 0.6 is 0 Å². The largest absolute Gasteiger partial charge is 0.336 e. The molecule has 10 nitrogen and oxygen atoms in total. The lowest BCUT2D eigenvalue weighted by atomic mass is 10.1. The van der Waals surface area contributed by atoms with E-state index >= 15 is 0 Å². The lowest BCUT2D eigenvalue weighted by molar-refractivity contribution is -0.118. The number of carbonyl (C=O) groups is 1. The smallest absolute Gasteiger partial charge is 0.226 e. The number of aromatic nitrogens is 8. The Balaban J connectivity index is 1.41. The molecular weight excluding hydrogens is 454 g/mol. The van der Waals surface area contributed by atoms with E-state index in [-0.39, 0.29) is 11.8 Å². The predicted molar refractivity (Wildman–Crippen MR) is 137 cm³/mol. The third-order valence-corrected chi connectivity index (χ3v) is 5.81. The zero-order chi connectivity index (χ0) is 24.6. The molecule has 36 heavy (non-hydrogen) atoms. The van der Waals surface area contributed by atoms with Gasteiger partial charge in [0.2, 0.25) is 5.91 Å². The van der Waals surface area contributed by atoms with Crippen molar-refractivity contribution in [1.82, 2.24) is 40.1 Å². The Morgan fingerprint density at radius 1 is 0.917 bits per heavy atom. The summed E-state index contributed by atoms with van der Waals surface area (Å²) in [6, 6.07) is 11.4. The van der Waals surface area contributed by atoms with Crippen LogP contribution in [-0.2, 0) is 4.79 Å². The third-order valence-electron chi connectivity index (χ3n) is 5.81. The van der Waals surface area contributed by atoms with Crippen molar-refractivity contribution in [2.24, 2.45) is 5.92 Å². The van der Waals surface area contributed by atoms with Crippen LogP contribution in [0.15, 0.2) is 67.4 Å². The van der Waals surface area contributed by atoms with Gasteiger partial charge in [0.1, 0.15) is 16.9 Å². The average Bonchev–Trinajstić information content (AvgIpc) is 3.53. The van der Waals surface area contributed by atoms with E-state index in [0.717, 1.165) is 33.2 Å². The van der Waals surface area contributed by atoms with Crippen LogP contribution in [0.1, 0.15) is 13.8 Å². The zero-order valence-electron chi connectivity index (χ0n) is 19.5. The number of rotatable bonds is 5. The van der Waals surface area contributed by atoms with E-state index < -0.39 is 0 Å². The SMILES string of the molecule is CC(C)C(=O)Nc1cncc(-c2cc3c(-c4nc5c(-c6ccccn6)nccc5[nH]4)n[nH]c3cn2)c1. The number of aromatic amines is 2. The second-order valence-corrected chi connectivity index (χ2v) is 8.65. The summed E-state index contributed by atoms with van der Waals surface area (Å²) in [5.74, 6) is 0.405. The monoisotopic (exact) mass is 475 g/mol. The summed E-state index contributed by atoms with van der Waals surface area (Å²) < 4.78 is 0.